The molecule has 1 amide bonds. The molecule has 5 nitrogen and oxygen atoms in total. The molecule has 0 saturated heterocycles. The van der Waals surface area contributed by atoms with E-state index in [1.807, 2.05) is 0 Å². The SMILES string of the molecule is CC(C)(C)CC(C)(C)Nc1nc(C(N)=O)ccc1N. The molecule has 5 N–H and O–H groups in total. The van der Waals surface area contributed by atoms with E-state index >= 15 is 0 Å². The van der Waals surface area contributed by atoms with Gasteiger partial charge in [-0.25, -0.2) is 4.98 Å². The fourth-order valence-corrected chi connectivity index (χ4v) is 2.40. The summed E-state index contributed by atoms with van der Waals surface area (Å²) in [5.74, 6) is -0.0535. The van der Waals surface area contributed by atoms with E-state index in [2.05, 4.69) is 44.9 Å². The zero-order valence-corrected chi connectivity index (χ0v) is 12.4. The summed E-state index contributed by atoms with van der Waals surface area (Å²) >= 11 is 0. The van der Waals surface area contributed by atoms with Gasteiger partial charge in [-0.3, -0.25) is 4.79 Å². The monoisotopic (exact) mass is 264 g/mol. The Balaban J connectivity index is 2.98. The highest BCUT2D eigenvalue weighted by Gasteiger charge is 2.26. The Kier molecular flexibility index (Phi) is 4.08. The normalized spacial score (nSPS) is 12.3. The van der Waals surface area contributed by atoms with Gasteiger partial charge in [0.15, 0.2) is 5.82 Å². The molecular weight excluding hydrogens is 240 g/mol. The van der Waals surface area contributed by atoms with Crippen LogP contribution in [0.4, 0.5) is 11.5 Å². The van der Waals surface area contributed by atoms with Gasteiger partial charge in [-0.05, 0) is 37.8 Å². The van der Waals surface area contributed by atoms with Crippen molar-refractivity contribution in [2.45, 2.75) is 46.6 Å². The van der Waals surface area contributed by atoms with E-state index in [4.69, 9.17) is 11.5 Å². The highest BCUT2D eigenvalue weighted by Crippen LogP contribution is 2.30. The van der Waals surface area contributed by atoms with Gasteiger partial charge in [-0.2, -0.15) is 0 Å². The van der Waals surface area contributed by atoms with Gasteiger partial charge in [-0.15, -0.1) is 0 Å². The highest BCUT2D eigenvalue weighted by atomic mass is 16.1. The first-order valence-electron chi connectivity index (χ1n) is 6.35. The molecule has 0 aliphatic heterocycles. The van der Waals surface area contributed by atoms with Crippen molar-refractivity contribution in [1.82, 2.24) is 4.98 Å². The minimum absolute atomic E-state index is 0.173. The van der Waals surface area contributed by atoms with Crippen LogP contribution >= 0.6 is 0 Å². The number of hydrogen-bond donors (Lipinski definition) is 3. The molecule has 0 aromatic carbocycles. The van der Waals surface area contributed by atoms with Crippen molar-refractivity contribution in [2.75, 3.05) is 11.1 Å². The van der Waals surface area contributed by atoms with Crippen molar-refractivity contribution in [2.24, 2.45) is 11.1 Å². The number of pyridine rings is 1. The summed E-state index contributed by atoms with van der Waals surface area (Å²) < 4.78 is 0. The summed E-state index contributed by atoms with van der Waals surface area (Å²) in [5.41, 5.74) is 11.8. The molecule has 0 bridgehead atoms. The number of nitrogen functional groups attached to an aromatic ring is 1. The fraction of sp³-hybridized carbons (Fsp3) is 0.571. The molecule has 5 heteroatoms. The number of carbonyl (C=O) groups is 1. The lowest BCUT2D eigenvalue weighted by atomic mass is 9.82. The predicted molar refractivity (Wildman–Crippen MR) is 78.9 cm³/mol. The molecule has 0 aliphatic carbocycles. The number of hydrogen-bond acceptors (Lipinski definition) is 4. The van der Waals surface area contributed by atoms with Crippen molar-refractivity contribution in [1.29, 1.82) is 0 Å². The van der Waals surface area contributed by atoms with Gasteiger partial charge < -0.3 is 16.8 Å². The van der Waals surface area contributed by atoms with E-state index in [1.165, 1.54) is 6.07 Å². The number of carbonyl (C=O) groups excluding carboxylic acids is 1. The first-order chi connectivity index (χ1) is 8.50. The second kappa shape index (κ2) is 5.07. The average Bonchev–Trinajstić information content (AvgIpc) is 2.16. The van der Waals surface area contributed by atoms with Gasteiger partial charge in [0.2, 0.25) is 0 Å². The third-order valence-electron chi connectivity index (χ3n) is 2.61. The molecule has 0 radical (unpaired) electrons. The van der Waals surface area contributed by atoms with Crippen molar-refractivity contribution < 1.29 is 4.79 Å². The van der Waals surface area contributed by atoms with E-state index < -0.39 is 5.91 Å². The lowest BCUT2D eigenvalue weighted by molar-refractivity contribution is 0.0995. The molecule has 19 heavy (non-hydrogen) atoms. The Morgan fingerprint density at radius 1 is 1.26 bits per heavy atom. The zero-order chi connectivity index (χ0) is 14.8. The lowest BCUT2D eigenvalue weighted by Gasteiger charge is -2.34. The van der Waals surface area contributed by atoms with Crippen LogP contribution < -0.4 is 16.8 Å². The minimum Gasteiger partial charge on any atom is -0.396 e. The van der Waals surface area contributed by atoms with Crippen molar-refractivity contribution in [3.05, 3.63) is 17.8 Å². The van der Waals surface area contributed by atoms with E-state index in [1.54, 1.807) is 6.07 Å². The van der Waals surface area contributed by atoms with Crippen molar-refractivity contribution >= 4 is 17.4 Å². The van der Waals surface area contributed by atoms with Crippen molar-refractivity contribution in [3.8, 4) is 0 Å². The van der Waals surface area contributed by atoms with Gasteiger partial charge in [0.25, 0.3) is 5.91 Å². The molecule has 0 atom stereocenters. The van der Waals surface area contributed by atoms with E-state index in [-0.39, 0.29) is 16.6 Å². The smallest absolute Gasteiger partial charge is 0.267 e. The molecule has 1 rings (SSSR count). The Hall–Kier alpha value is -1.78. The summed E-state index contributed by atoms with van der Waals surface area (Å²) in [6, 6.07) is 3.17. The standard InChI is InChI=1S/C14H24N4O/c1-13(2,3)8-14(4,5)18-12-9(15)6-7-10(17-12)11(16)19/h6-7H,8,15H2,1-5H3,(H2,16,19)(H,17,18). The third kappa shape index (κ3) is 4.77. The maximum atomic E-state index is 11.1. The average molecular weight is 264 g/mol. The van der Waals surface area contributed by atoms with Gasteiger partial charge in [-0.1, -0.05) is 20.8 Å². The van der Waals surface area contributed by atoms with Crippen LogP contribution in [0, 0.1) is 5.41 Å². The first-order valence-corrected chi connectivity index (χ1v) is 6.35. The Labute approximate surface area is 114 Å². The van der Waals surface area contributed by atoms with E-state index in [0.717, 1.165) is 6.42 Å². The van der Waals surface area contributed by atoms with Crippen LogP contribution in [0.1, 0.15) is 51.5 Å². The van der Waals surface area contributed by atoms with Gasteiger partial charge >= 0.3 is 0 Å². The fourth-order valence-electron chi connectivity index (χ4n) is 2.40. The molecule has 0 saturated carbocycles. The first kappa shape index (κ1) is 15.3. The third-order valence-corrected chi connectivity index (χ3v) is 2.61. The van der Waals surface area contributed by atoms with E-state index in [0.29, 0.717) is 11.5 Å². The molecule has 0 spiro atoms. The van der Waals surface area contributed by atoms with Crippen molar-refractivity contribution in [3.63, 3.8) is 0 Å². The number of nitrogens with two attached hydrogens (primary N) is 2. The van der Waals surface area contributed by atoms with Gasteiger partial charge in [0, 0.05) is 5.54 Å². The zero-order valence-electron chi connectivity index (χ0n) is 12.4. The van der Waals surface area contributed by atoms with Crippen LogP contribution in [0.15, 0.2) is 12.1 Å². The van der Waals surface area contributed by atoms with E-state index in [9.17, 15) is 4.79 Å². The number of anilines is 2. The molecule has 0 unspecified atom stereocenters. The quantitative estimate of drug-likeness (QED) is 0.778. The molecular formula is C14H24N4O. The second-order valence-corrected chi connectivity index (χ2v) is 6.74. The number of nitrogens with zero attached hydrogens (tertiary/aromatic N) is 1. The molecule has 106 valence electrons. The van der Waals surface area contributed by atoms with Crippen LogP contribution in [0.2, 0.25) is 0 Å². The summed E-state index contributed by atoms with van der Waals surface area (Å²) in [6.07, 6.45) is 0.932. The Bertz CT molecular complexity index is 475. The van der Waals surface area contributed by atoms with Crippen LogP contribution in [0.25, 0.3) is 0 Å². The number of rotatable bonds is 4. The number of amides is 1. The van der Waals surface area contributed by atoms with Crippen LogP contribution in [-0.4, -0.2) is 16.4 Å². The summed E-state index contributed by atoms with van der Waals surface area (Å²) in [7, 11) is 0. The largest absolute Gasteiger partial charge is 0.396 e. The lowest BCUT2D eigenvalue weighted by Crippen LogP contribution is -2.36. The summed E-state index contributed by atoms with van der Waals surface area (Å²) in [5, 5.41) is 3.29. The molecule has 1 aromatic heterocycles. The maximum absolute atomic E-state index is 11.1. The van der Waals surface area contributed by atoms with Crippen LogP contribution in [0.3, 0.4) is 0 Å². The number of primary amides is 1. The Morgan fingerprint density at radius 3 is 2.32 bits per heavy atom. The topological polar surface area (TPSA) is 94.0 Å². The van der Waals surface area contributed by atoms with Gasteiger partial charge in [0.1, 0.15) is 5.69 Å². The molecule has 1 aromatic rings. The Morgan fingerprint density at radius 2 is 1.84 bits per heavy atom. The summed E-state index contributed by atoms with van der Waals surface area (Å²) in [4.78, 5) is 15.3. The minimum atomic E-state index is -0.559. The molecule has 0 fully saturated rings. The number of aromatic nitrogens is 1. The predicted octanol–water partition coefficient (Wildman–Crippen LogP) is 2.39. The molecule has 0 aliphatic rings. The summed E-state index contributed by atoms with van der Waals surface area (Å²) in [6.45, 7) is 10.7. The maximum Gasteiger partial charge on any atom is 0.267 e. The second-order valence-electron chi connectivity index (χ2n) is 6.74. The highest BCUT2D eigenvalue weighted by molar-refractivity contribution is 5.91. The number of nitrogens with one attached hydrogen (secondary N) is 1. The van der Waals surface area contributed by atoms with Gasteiger partial charge in [0.05, 0.1) is 5.69 Å². The molecule has 1 heterocycles. The van der Waals surface area contributed by atoms with Crippen LogP contribution in [0.5, 0.6) is 0 Å². The van der Waals surface area contributed by atoms with Crippen LogP contribution in [-0.2, 0) is 0 Å².